The van der Waals surface area contributed by atoms with Gasteiger partial charge in [0.1, 0.15) is 6.61 Å². The highest BCUT2D eigenvalue weighted by atomic mass is 16.6. The van der Waals surface area contributed by atoms with Crippen molar-refractivity contribution in [1.82, 2.24) is 0 Å². The molecule has 0 aromatic carbocycles. The molecule has 0 heterocycles. The van der Waals surface area contributed by atoms with Gasteiger partial charge in [-0.3, -0.25) is 4.79 Å². The second-order valence-corrected chi connectivity index (χ2v) is 3.35. The predicted octanol–water partition coefficient (Wildman–Crippen LogP) is -1.44. The van der Waals surface area contributed by atoms with Crippen LogP contribution in [0.4, 0.5) is 0 Å². The molecular weight excluding hydrogens is 272 g/mol. The van der Waals surface area contributed by atoms with E-state index in [0.717, 1.165) is 0 Å². The maximum absolute atomic E-state index is 10.1. The first kappa shape index (κ1) is 21.5. The third kappa shape index (κ3) is 25.9. The van der Waals surface area contributed by atoms with Gasteiger partial charge in [-0.25, -0.2) is 0 Å². The van der Waals surface area contributed by atoms with Crippen molar-refractivity contribution in [2.45, 2.75) is 6.92 Å². The molecule has 0 aliphatic heterocycles. The minimum absolute atomic E-state index is 0.0000709. The van der Waals surface area contributed by atoms with Gasteiger partial charge >= 0.3 is 5.97 Å². The average Bonchev–Trinajstić information content (AvgIpc) is 2.43. The van der Waals surface area contributed by atoms with Gasteiger partial charge in [-0.1, -0.05) is 0 Å². The van der Waals surface area contributed by atoms with E-state index in [0.29, 0.717) is 39.6 Å². The lowest BCUT2D eigenvalue weighted by molar-refractivity contribution is -0.142. The van der Waals surface area contributed by atoms with Crippen LogP contribution in [0.25, 0.3) is 0 Å². The van der Waals surface area contributed by atoms with Crippen LogP contribution in [0.3, 0.4) is 0 Å². The Kier molecular flexibility index (Phi) is 22.1. The zero-order valence-corrected chi connectivity index (χ0v) is 12.0. The maximum Gasteiger partial charge on any atom is 0.302 e. The summed E-state index contributed by atoms with van der Waals surface area (Å²) in [5.74, 6) is -0.312. The first-order valence-corrected chi connectivity index (χ1v) is 6.38. The van der Waals surface area contributed by atoms with Crippen molar-refractivity contribution in [3.05, 3.63) is 0 Å². The largest absolute Gasteiger partial charge is 0.463 e. The van der Waals surface area contributed by atoms with Gasteiger partial charge in [-0.2, -0.15) is 0 Å². The number of ether oxygens (including phenoxy) is 4. The van der Waals surface area contributed by atoms with Gasteiger partial charge in [-0.15, -0.1) is 0 Å². The normalized spacial score (nSPS) is 9.80. The van der Waals surface area contributed by atoms with E-state index < -0.39 is 0 Å². The van der Waals surface area contributed by atoms with Crippen molar-refractivity contribution >= 4 is 5.97 Å². The molecule has 0 aliphatic carbocycles. The maximum atomic E-state index is 10.1. The third-order valence-electron chi connectivity index (χ3n) is 1.61. The number of carbonyl (C=O) groups excluding carboxylic acids is 1. The number of aliphatic hydroxyl groups is 3. The number of hydrogen-bond donors (Lipinski definition) is 3. The first-order chi connectivity index (χ1) is 9.68. The molecule has 3 N–H and O–H groups in total. The number of carbonyl (C=O) groups is 1. The van der Waals surface area contributed by atoms with Crippen LogP contribution in [0, 0.1) is 0 Å². The monoisotopic (exact) mass is 298 g/mol. The molecule has 0 fully saturated rings. The summed E-state index contributed by atoms with van der Waals surface area (Å²) >= 11 is 0. The Labute approximate surface area is 119 Å². The Morgan fingerprint density at radius 2 is 1.05 bits per heavy atom. The second-order valence-electron chi connectivity index (χ2n) is 3.35. The molecule has 0 unspecified atom stereocenters. The summed E-state index contributed by atoms with van der Waals surface area (Å²) in [6.45, 7) is 3.97. The Morgan fingerprint density at radius 3 is 1.35 bits per heavy atom. The van der Waals surface area contributed by atoms with Crippen molar-refractivity contribution in [2.75, 3.05) is 66.1 Å². The first-order valence-electron chi connectivity index (χ1n) is 6.38. The number of aliphatic hydroxyl groups excluding tert-OH is 3. The van der Waals surface area contributed by atoms with E-state index in [9.17, 15) is 4.79 Å². The average molecular weight is 298 g/mol. The molecule has 0 aromatic rings. The molecular formula is C12H26O8. The topological polar surface area (TPSA) is 115 Å². The number of hydrogen-bond acceptors (Lipinski definition) is 8. The zero-order chi connectivity index (χ0) is 15.5. The van der Waals surface area contributed by atoms with E-state index in [1.165, 1.54) is 6.92 Å². The highest BCUT2D eigenvalue weighted by Gasteiger charge is 1.91. The van der Waals surface area contributed by atoms with Gasteiger partial charge in [0.25, 0.3) is 0 Å². The molecule has 0 rings (SSSR count). The van der Waals surface area contributed by atoms with Gasteiger partial charge in [0.15, 0.2) is 0 Å². The van der Waals surface area contributed by atoms with E-state index in [2.05, 4.69) is 4.74 Å². The number of esters is 1. The fourth-order valence-electron chi connectivity index (χ4n) is 0.862. The standard InChI is InChI=1S/C6H12O4.C6H14O4/c1-6(8)10-5-4-9-3-2-7;7-1-3-9-5-6-10-4-2-8/h7H,2-5H2,1H3;7-8H,1-6H2. The molecule has 0 bridgehead atoms. The Bertz CT molecular complexity index is 180. The minimum atomic E-state index is -0.312. The van der Waals surface area contributed by atoms with E-state index in [-0.39, 0.29) is 32.4 Å². The molecule has 122 valence electrons. The zero-order valence-electron chi connectivity index (χ0n) is 12.0. The molecule has 0 aromatic heterocycles. The van der Waals surface area contributed by atoms with Gasteiger partial charge in [0.05, 0.1) is 59.5 Å². The second kappa shape index (κ2) is 20.5. The van der Waals surface area contributed by atoms with E-state index >= 15 is 0 Å². The third-order valence-corrected chi connectivity index (χ3v) is 1.61. The molecule has 0 aliphatic rings. The smallest absolute Gasteiger partial charge is 0.302 e. The SMILES string of the molecule is CC(=O)OCCOCCO.OCCOCCOCCO. The van der Waals surface area contributed by atoms with Gasteiger partial charge < -0.3 is 34.3 Å². The molecule has 20 heavy (non-hydrogen) atoms. The molecule has 0 atom stereocenters. The fourth-order valence-corrected chi connectivity index (χ4v) is 0.862. The summed E-state index contributed by atoms with van der Waals surface area (Å²) in [7, 11) is 0. The quantitative estimate of drug-likeness (QED) is 0.296. The lowest BCUT2D eigenvalue weighted by atomic mass is 10.7. The van der Waals surface area contributed by atoms with Gasteiger partial charge in [0, 0.05) is 6.92 Å². The van der Waals surface area contributed by atoms with Crippen LogP contribution in [0.5, 0.6) is 0 Å². The van der Waals surface area contributed by atoms with Crippen LogP contribution in [0.15, 0.2) is 0 Å². The van der Waals surface area contributed by atoms with Crippen molar-refractivity contribution in [2.24, 2.45) is 0 Å². The summed E-state index contributed by atoms with van der Waals surface area (Å²) in [6.07, 6.45) is 0. The summed E-state index contributed by atoms with van der Waals surface area (Å²) < 4.78 is 19.1. The Morgan fingerprint density at radius 1 is 0.700 bits per heavy atom. The van der Waals surface area contributed by atoms with Gasteiger partial charge in [-0.05, 0) is 0 Å². The molecule has 0 radical (unpaired) electrons. The fraction of sp³-hybridized carbons (Fsp3) is 0.917. The van der Waals surface area contributed by atoms with Crippen molar-refractivity contribution < 1.29 is 39.1 Å². The lowest BCUT2D eigenvalue weighted by Crippen LogP contribution is -2.09. The summed E-state index contributed by atoms with van der Waals surface area (Å²) in [5, 5.41) is 24.8. The lowest BCUT2D eigenvalue weighted by Gasteiger charge is -2.01. The van der Waals surface area contributed by atoms with Crippen molar-refractivity contribution in [1.29, 1.82) is 0 Å². The number of rotatable bonds is 12. The van der Waals surface area contributed by atoms with Crippen LogP contribution >= 0.6 is 0 Å². The minimum Gasteiger partial charge on any atom is -0.463 e. The van der Waals surface area contributed by atoms with E-state index in [4.69, 9.17) is 29.5 Å². The molecule has 8 nitrogen and oxygen atoms in total. The van der Waals surface area contributed by atoms with E-state index in [1.807, 2.05) is 0 Å². The van der Waals surface area contributed by atoms with Crippen molar-refractivity contribution in [3.63, 3.8) is 0 Å². The van der Waals surface area contributed by atoms with Crippen LogP contribution < -0.4 is 0 Å². The summed E-state index contributed by atoms with van der Waals surface area (Å²) in [6, 6.07) is 0. The van der Waals surface area contributed by atoms with Crippen LogP contribution in [-0.4, -0.2) is 87.4 Å². The van der Waals surface area contributed by atoms with Crippen LogP contribution in [0.2, 0.25) is 0 Å². The van der Waals surface area contributed by atoms with Crippen molar-refractivity contribution in [3.8, 4) is 0 Å². The highest BCUT2D eigenvalue weighted by molar-refractivity contribution is 5.65. The highest BCUT2D eigenvalue weighted by Crippen LogP contribution is 1.78. The van der Waals surface area contributed by atoms with Crippen LogP contribution in [0.1, 0.15) is 6.92 Å². The predicted molar refractivity (Wildman–Crippen MR) is 70.3 cm³/mol. The molecule has 0 saturated heterocycles. The van der Waals surface area contributed by atoms with Gasteiger partial charge in [0.2, 0.25) is 0 Å². The summed E-state index contributed by atoms with van der Waals surface area (Å²) in [4.78, 5) is 10.1. The molecule has 0 saturated carbocycles. The Balaban J connectivity index is 0. The summed E-state index contributed by atoms with van der Waals surface area (Å²) in [5.41, 5.74) is 0. The van der Waals surface area contributed by atoms with E-state index in [1.54, 1.807) is 0 Å². The Hall–Kier alpha value is -0.770. The molecule has 0 amide bonds. The molecule has 0 spiro atoms. The molecule has 8 heteroatoms. The van der Waals surface area contributed by atoms with Crippen LogP contribution in [-0.2, 0) is 23.7 Å².